The first kappa shape index (κ1) is 28.9. The van der Waals surface area contributed by atoms with E-state index < -0.39 is 22.2 Å². The van der Waals surface area contributed by atoms with Gasteiger partial charge in [0.2, 0.25) is 5.91 Å². The molecule has 0 saturated carbocycles. The molecular formula is C22H43NO6S. The molecule has 2 N–H and O–H groups in total. The van der Waals surface area contributed by atoms with Crippen LogP contribution in [0.3, 0.4) is 0 Å². The fourth-order valence-electron chi connectivity index (χ4n) is 3.32. The van der Waals surface area contributed by atoms with Gasteiger partial charge in [-0.1, -0.05) is 103 Å². The monoisotopic (exact) mass is 449 g/mol. The van der Waals surface area contributed by atoms with Gasteiger partial charge in [0.15, 0.2) is 0 Å². The summed E-state index contributed by atoms with van der Waals surface area (Å²) >= 11 is 0. The van der Waals surface area contributed by atoms with E-state index in [4.69, 9.17) is 9.29 Å². The van der Waals surface area contributed by atoms with Crippen LogP contribution in [0, 0.1) is 0 Å². The molecule has 0 aromatic rings. The Morgan fingerprint density at radius 2 is 1.10 bits per heavy atom. The van der Waals surface area contributed by atoms with Crippen LogP contribution < -0.4 is 4.72 Å². The highest BCUT2D eigenvalue weighted by atomic mass is 32.2. The summed E-state index contributed by atoms with van der Waals surface area (Å²) in [6, 6.07) is 0. The van der Waals surface area contributed by atoms with Crippen LogP contribution in [0.4, 0.5) is 0 Å². The molecule has 0 atom stereocenters. The maximum absolute atomic E-state index is 11.5. The SMILES string of the molecule is CCCCCCCCCCCCCCCCCCOC(=O)CCC(=O)NS(=O)(=O)O. The number of esters is 1. The van der Waals surface area contributed by atoms with Gasteiger partial charge in [0.25, 0.3) is 0 Å². The summed E-state index contributed by atoms with van der Waals surface area (Å²) in [5.74, 6) is -1.47. The standard InChI is InChI=1S/C22H43NO6S/c1-2-3-4-5-6-7-8-9-10-11-12-13-14-15-16-17-20-29-22(25)19-18-21(24)23-30(26,27)28/h2-20H2,1H3,(H,23,24)(H,26,27,28). The van der Waals surface area contributed by atoms with Crippen LogP contribution in [-0.4, -0.2) is 31.5 Å². The lowest BCUT2D eigenvalue weighted by molar-refractivity contribution is -0.145. The van der Waals surface area contributed by atoms with Crippen LogP contribution >= 0.6 is 0 Å². The lowest BCUT2D eigenvalue weighted by Crippen LogP contribution is -2.30. The van der Waals surface area contributed by atoms with Crippen molar-refractivity contribution in [1.82, 2.24) is 4.72 Å². The van der Waals surface area contributed by atoms with Crippen LogP contribution in [0.2, 0.25) is 0 Å². The first-order valence-electron chi connectivity index (χ1n) is 11.8. The Kier molecular flexibility index (Phi) is 19.0. The minimum atomic E-state index is -4.57. The normalized spacial score (nSPS) is 11.4. The van der Waals surface area contributed by atoms with Gasteiger partial charge in [0.05, 0.1) is 13.0 Å². The zero-order chi connectivity index (χ0) is 22.5. The first-order chi connectivity index (χ1) is 14.3. The van der Waals surface area contributed by atoms with Gasteiger partial charge in [-0.05, 0) is 6.42 Å². The average molecular weight is 450 g/mol. The van der Waals surface area contributed by atoms with E-state index in [0.29, 0.717) is 6.61 Å². The van der Waals surface area contributed by atoms with E-state index in [-0.39, 0.29) is 12.8 Å². The molecule has 0 heterocycles. The highest BCUT2D eigenvalue weighted by molar-refractivity contribution is 7.84. The molecule has 178 valence electrons. The van der Waals surface area contributed by atoms with Gasteiger partial charge in [-0.3, -0.25) is 14.1 Å². The summed E-state index contributed by atoms with van der Waals surface area (Å²) < 4.78 is 35.7. The van der Waals surface area contributed by atoms with Crippen LogP contribution in [0.1, 0.15) is 122 Å². The number of hydrogen-bond donors (Lipinski definition) is 2. The van der Waals surface area contributed by atoms with Crippen molar-refractivity contribution >= 4 is 22.2 Å². The molecule has 0 aliphatic rings. The predicted molar refractivity (Wildman–Crippen MR) is 119 cm³/mol. The third kappa shape index (κ3) is 23.1. The Hall–Kier alpha value is -1.15. The van der Waals surface area contributed by atoms with Crippen molar-refractivity contribution < 1.29 is 27.3 Å². The molecule has 0 bridgehead atoms. The Bertz CT molecular complexity index is 536. The van der Waals surface area contributed by atoms with E-state index >= 15 is 0 Å². The van der Waals surface area contributed by atoms with Crippen molar-refractivity contribution in [3.05, 3.63) is 0 Å². The van der Waals surface area contributed by atoms with Gasteiger partial charge >= 0.3 is 16.3 Å². The molecule has 0 aromatic heterocycles. The summed E-state index contributed by atoms with van der Waals surface area (Å²) in [6.45, 7) is 2.57. The molecule has 0 radical (unpaired) electrons. The molecule has 8 heteroatoms. The van der Waals surface area contributed by atoms with Crippen molar-refractivity contribution in [2.75, 3.05) is 6.61 Å². The van der Waals surface area contributed by atoms with Crippen LogP contribution in [0.15, 0.2) is 0 Å². The van der Waals surface area contributed by atoms with Crippen LogP contribution in [0.25, 0.3) is 0 Å². The number of carbonyl (C=O) groups is 2. The van der Waals surface area contributed by atoms with Gasteiger partial charge in [-0.25, -0.2) is 4.72 Å². The molecule has 0 rings (SSSR count). The lowest BCUT2D eigenvalue weighted by atomic mass is 10.0. The maximum Gasteiger partial charge on any atom is 0.359 e. The minimum Gasteiger partial charge on any atom is -0.466 e. The van der Waals surface area contributed by atoms with E-state index in [1.165, 1.54) is 88.2 Å². The van der Waals surface area contributed by atoms with Gasteiger partial charge in [-0.15, -0.1) is 0 Å². The fourth-order valence-corrected chi connectivity index (χ4v) is 3.71. The molecule has 30 heavy (non-hydrogen) atoms. The van der Waals surface area contributed by atoms with Crippen molar-refractivity contribution in [2.24, 2.45) is 0 Å². The van der Waals surface area contributed by atoms with Crippen molar-refractivity contribution in [3.63, 3.8) is 0 Å². The van der Waals surface area contributed by atoms with Gasteiger partial charge in [-0.2, -0.15) is 8.42 Å². The molecule has 0 aliphatic carbocycles. The smallest absolute Gasteiger partial charge is 0.359 e. The molecular weight excluding hydrogens is 406 g/mol. The third-order valence-electron chi connectivity index (χ3n) is 5.06. The molecule has 0 unspecified atom stereocenters. The number of ether oxygens (including phenoxy) is 1. The predicted octanol–water partition coefficient (Wildman–Crippen LogP) is 5.49. The Morgan fingerprint density at radius 1 is 0.700 bits per heavy atom. The second-order valence-corrected chi connectivity index (χ2v) is 9.18. The van der Waals surface area contributed by atoms with E-state index in [1.54, 1.807) is 0 Å². The molecule has 0 aliphatic heterocycles. The van der Waals surface area contributed by atoms with Gasteiger partial charge in [0.1, 0.15) is 0 Å². The van der Waals surface area contributed by atoms with E-state index in [1.807, 2.05) is 0 Å². The van der Waals surface area contributed by atoms with Gasteiger partial charge in [0, 0.05) is 6.42 Å². The number of amides is 1. The Balaban J connectivity index is 3.27. The third-order valence-corrected chi connectivity index (χ3v) is 5.55. The quantitative estimate of drug-likeness (QED) is 0.136. The van der Waals surface area contributed by atoms with Crippen molar-refractivity contribution in [3.8, 4) is 0 Å². The van der Waals surface area contributed by atoms with Crippen LogP contribution in [-0.2, 0) is 24.6 Å². The molecule has 0 aromatic carbocycles. The molecule has 7 nitrogen and oxygen atoms in total. The molecule has 0 fully saturated rings. The van der Waals surface area contributed by atoms with Crippen LogP contribution in [0.5, 0.6) is 0 Å². The topological polar surface area (TPSA) is 110 Å². The molecule has 0 spiro atoms. The number of nitrogens with one attached hydrogen (secondary N) is 1. The number of hydrogen-bond acceptors (Lipinski definition) is 5. The van der Waals surface area contributed by atoms with Gasteiger partial charge < -0.3 is 4.74 Å². The largest absolute Gasteiger partial charge is 0.466 e. The average Bonchev–Trinajstić information content (AvgIpc) is 2.67. The Morgan fingerprint density at radius 3 is 1.50 bits per heavy atom. The second-order valence-electron chi connectivity index (χ2n) is 8.02. The highest BCUT2D eigenvalue weighted by Gasteiger charge is 2.12. The molecule has 0 saturated heterocycles. The van der Waals surface area contributed by atoms with Crippen molar-refractivity contribution in [1.29, 1.82) is 0 Å². The minimum absolute atomic E-state index is 0.208. The Labute approximate surface area is 183 Å². The van der Waals surface area contributed by atoms with E-state index in [0.717, 1.165) is 19.3 Å². The lowest BCUT2D eigenvalue weighted by Gasteiger charge is -2.05. The van der Waals surface area contributed by atoms with Crippen molar-refractivity contribution in [2.45, 2.75) is 122 Å². The van der Waals surface area contributed by atoms with E-state index in [2.05, 4.69) is 6.92 Å². The number of unbranched alkanes of at least 4 members (excludes halogenated alkanes) is 15. The zero-order valence-electron chi connectivity index (χ0n) is 18.8. The number of carbonyl (C=O) groups excluding carboxylic acids is 2. The fraction of sp³-hybridized carbons (Fsp3) is 0.909. The second kappa shape index (κ2) is 19.8. The first-order valence-corrected chi connectivity index (χ1v) is 13.2. The number of rotatable bonds is 21. The summed E-state index contributed by atoms with van der Waals surface area (Å²) in [5, 5.41) is 0. The highest BCUT2D eigenvalue weighted by Crippen LogP contribution is 2.13. The summed E-state index contributed by atoms with van der Waals surface area (Å²) in [6.07, 6.45) is 19.9. The summed E-state index contributed by atoms with van der Waals surface area (Å²) in [4.78, 5) is 22.6. The zero-order valence-corrected chi connectivity index (χ0v) is 19.6. The van der Waals surface area contributed by atoms with E-state index in [9.17, 15) is 18.0 Å². The maximum atomic E-state index is 11.5. The summed E-state index contributed by atoms with van der Waals surface area (Å²) in [7, 11) is -4.57. The summed E-state index contributed by atoms with van der Waals surface area (Å²) in [5.41, 5.74) is 0. The molecule has 1 amide bonds.